The molecule has 4 heteroatoms. The molecule has 0 fully saturated rings. The Labute approximate surface area is 146 Å². The van der Waals surface area contributed by atoms with E-state index in [1.165, 1.54) is 6.92 Å². The lowest BCUT2D eigenvalue weighted by atomic mass is 9.78. The molecule has 0 amide bonds. The third-order valence-corrected chi connectivity index (χ3v) is 3.76. The molecule has 0 aliphatic rings. The molecular formula is C20H31NO3. The number of nitrogens with zero attached hydrogens (tertiary/aromatic N) is 1. The Bertz CT molecular complexity index is 609. The van der Waals surface area contributed by atoms with E-state index in [0.29, 0.717) is 5.75 Å². The molecule has 0 radical (unpaired) electrons. The quantitative estimate of drug-likeness (QED) is 0.204. The van der Waals surface area contributed by atoms with E-state index in [2.05, 4.69) is 41.5 Å². The van der Waals surface area contributed by atoms with Gasteiger partial charge in [-0.25, -0.2) is 4.74 Å². The fourth-order valence-electron chi connectivity index (χ4n) is 2.39. The van der Waals surface area contributed by atoms with Crippen molar-refractivity contribution >= 4 is 12.2 Å². The molecule has 0 unspecified atom stereocenters. The molecule has 0 bridgehead atoms. The van der Waals surface area contributed by atoms with E-state index in [1.807, 2.05) is 26.0 Å². The summed E-state index contributed by atoms with van der Waals surface area (Å²) in [5, 5.41) is 12.1. The molecule has 1 aromatic rings. The van der Waals surface area contributed by atoms with Crippen molar-refractivity contribution in [3.63, 3.8) is 0 Å². The molecule has 4 nitrogen and oxygen atoms in total. The maximum Gasteiger partial charge on any atom is 0.308 e. The van der Waals surface area contributed by atoms with Crippen LogP contribution in [0.2, 0.25) is 0 Å². The number of hydrogen-bond donors (Lipinski definition) is 0. The van der Waals surface area contributed by atoms with Crippen LogP contribution in [-0.2, 0) is 15.6 Å². The lowest BCUT2D eigenvalue weighted by Crippen LogP contribution is -2.22. The van der Waals surface area contributed by atoms with E-state index in [9.17, 15) is 10.0 Å². The molecule has 0 N–H and O–H groups in total. The standard InChI is InChI=1S/C20H31NO3/c1-13(2)21(23)12-15-10-16(19(4,5)6)18(24-14(3)22)17(11-15)20(7,8)9/h10-13H,1-9H3. The SMILES string of the molecule is CC(=O)Oc1c(C(C)(C)C)cc(C=[N+]([O-])C(C)C)cc1C(C)(C)C. The number of esters is 1. The summed E-state index contributed by atoms with van der Waals surface area (Å²) < 4.78 is 6.54. The van der Waals surface area contributed by atoms with Crippen LogP contribution >= 0.6 is 0 Å². The maximum atomic E-state index is 12.1. The van der Waals surface area contributed by atoms with Crippen LogP contribution in [0.1, 0.15) is 79.0 Å². The van der Waals surface area contributed by atoms with Gasteiger partial charge >= 0.3 is 5.97 Å². The summed E-state index contributed by atoms with van der Waals surface area (Å²) in [5.74, 6) is 0.275. The van der Waals surface area contributed by atoms with E-state index >= 15 is 0 Å². The molecular weight excluding hydrogens is 302 g/mol. The number of carbonyl (C=O) groups is 1. The fourth-order valence-corrected chi connectivity index (χ4v) is 2.39. The molecule has 0 atom stereocenters. The monoisotopic (exact) mass is 333 g/mol. The van der Waals surface area contributed by atoms with E-state index < -0.39 is 0 Å². The minimum Gasteiger partial charge on any atom is -0.624 e. The molecule has 134 valence electrons. The zero-order chi connectivity index (χ0) is 18.9. The first-order valence-corrected chi connectivity index (χ1v) is 8.41. The second-order valence-electron chi connectivity index (χ2n) is 8.62. The van der Waals surface area contributed by atoms with E-state index in [1.54, 1.807) is 6.21 Å². The summed E-state index contributed by atoms with van der Waals surface area (Å²) in [6, 6.07) is 3.76. The molecule has 0 aliphatic carbocycles. The Morgan fingerprint density at radius 2 is 1.50 bits per heavy atom. The molecule has 1 rings (SSSR count). The fraction of sp³-hybridized carbons (Fsp3) is 0.600. The summed E-state index contributed by atoms with van der Waals surface area (Å²) in [7, 11) is 0. The second-order valence-corrected chi connectivity index (χ2v) is 8.62. The zero-order valence-electron chi connectivity index (χ0n) is 16.5. The number of hydrogen-bond acceptors (Lipinski definition) is 3. The Hall–Kier alpha value is -1.84. The summed E-state index contributed by atoms with van der Waals surface area (Å²) >= 11 is 0. The third kappa shape index (κ3) is 5.08. The molecule has 0 saturated heterocycles. The van der Waals surface area contributed by atoms with Gasteiger partial charge in [0.15, 0.2) is 12.3 Å². The number of carbonyl (C=O) groups excluding carboxylic acids is 1. The summed E-state index contributed by atoms with van der Waals surface area (Å²) in [4.78, 5) is 11.6. The minimum atomic E-state index is -0.338. The van der Waals surface area contributed by atoms with Crippen molar-refractivity contribution in [1.29, 1.82) is 0 Å². The second kappa shape index (κ2) is 6.96. The highest BCUT2D eigenvalue weighted by molar-refractivity contribution is 5.79. The molecule has 0 spiro atoms. The predicted molar refractivity (Wildman–Crippen MR) is 99.1 cm³/mol. The van der Waals surface area contributed by atoms with Crippen molar-refractivity contribution < 1.29 is 14.3 Å². The van der Waals surface area contributed by atoms with Crippen molar-refractivity contribution in [2.24, 2.45) is 0 Å². The normalized spacial score (nSPS) is 13.3. The van der Waals surface area contributed by atoms with E-state index in [4.69, 9.17) is 4.74 Å². The third-order valence-electron chi connectivity index (χ3n) is 3.76. The van der Waals surface area contributed by atoms with Gasteiger partial charge in [0.2, 0.25) is 0 Å². The average Bonchev–Trinajstić information content (AvgIpc) is 2.36. The Morgan fingerprint density at radius 3 is 1.79 bits per heavy atom. The first-order chi connectivity index (χ1) is 10.7. The van der Waals surface area contributed by atoms with Gasteiger partial charge in [0, 0.05) is 23.6 Å². The highest BCUT2D eigenvalue weighted by Gasteiger charge is 2.29. The van der Waals surface area contributed by atoms with Crippen LogP contribution in [0.25, 0.3) is 0 Å². The lowest BCUT2D eigenvalue weighted by Gasteiger charge is -2.29. The molecule has 0 aliphatic heterocycles. The zero-order valence-corrected chi connectivity index (χ0v) is 16.5. The van der Waals surface area contributed by atoms with Crippen LogP contribution in [0.3, 0.4) is 0 Å². The predicted octanol–water partition coefficient (Wildman–Crippen LogP) is 4.54. The van der Waals surface area contributed by atoms with Crippen molar-refractivity contribution in [1.82, 2.24) is 0 Å². The van der Waals surface area contributed by atoms with E-state index in [0.717, 1.165) is 21.4 Å². The summed E-state index contributed by atoms with van der Waals surface area (Å²) in [6.07, 6.45) is 1.60. The van der Waals surface area contributed by atoms with Gasteiger partial charge < -0.3 is 9.94 Å². The van der Waals surface area contributed by atoms with Crippen LogP contribution < -0.4 is 4.74 Å². The van der Waals surface area contributed by atoms with Crippen LogP contribution in [0.4, 0.5) is 0 Å². The van der Waals surface area contributed by atoms with Gasteiger partial charge in [-0.15, -0.1) is 0 Å². The Balaban J connectivity index is 3.76. The maximum absolute atomic E-state index is 12.1. The van der Waals surface area contributed by atoms with Crippen molar-refractivity contribution in [2.45, 2.75) is 79.2 Å². The molecule has 24 heavy (non-hydrogen) atoms. The summed E-state index contributed by atoms with van der Waals surface area (Å²) in [5.41, 5.74) is 2.23. The van der Waals surface area contributed by atoms with Crippen molar-refractivity contribution in [3.8, 4) is 5.75 Å². The first kappa shape index (κ1) is 20.2. The number of ether oxygens (including phenoxy) is 1. The van der Waals surface area contributed by atoms with Gasteiger partial charge in [0.1, 0.15) is 5.75 Å². The van der Waals surface area contributed by atoms with Crippen LogP contribution in [-0.4, -0.2) is 23.0 Å². The van der Waals surface area contributed by atoms with Gasteiger partial charge in [0.25, 0.3) is 0 Å². The molecule has 0 heterocycles. The Kier molecular flexibility index (Phi) is 5.86. The molecule has 0 saturated carbocycles. The molecule has 0 aromatic heterocycles. The minimum absolute atomic E-state index is 0.130. The van der Waals surface area contributed by atoms with Gasteiger partial charge in [-0.1, -0.05) is 41.5 Å². The average molecular weight is 333 g/mol. The van der Waals surface area contributed by atoms with Crippen LogP contribution in [0, 0.1) is 5.21 Å². The molecule has 1 aromatic carbocycles. The van der Waals surface area contributed by atoms with Gasteiger partial charge in [-0.3, -0.25) is 4.79 Å². The number of benzene rings is 1. The van der Waals surface area contributed by atoms with Crippen molar-refractivity contribution in [3.05, 3.63) is 34.0 Å². The number of hydroxylamine groups is 1. The highest BCUT2D eigenvalue weighted by atomic mass is 16.5. The highest BCUT2D eigenvalue weighted by Crippen LogP contribution is 2.40. The summed E-state index contributed by atoms with van der Waals surface area (Å²) in [6.45, 7) is 17.6. The van der Waals surface area contributed by atoms with Gasteiger partial charge in [-0.05, 0) is 36.8 Å². The largest absolute Gasteiger partial charge is 0.624 e. The van der Waals surface area contributed by atoms with Gasteiger partial charge in [-0.2, -0.15) is 0 Å². The van der Waals surface area contributed by atoms with Gasteiger partial charge in [0.05, 0.1) is 0 Å². The topological polar surface area (TPSA) is 52.4 Å². The Morgan fingerprint density at radius 1 is 1.08 bits per heavy atom. The van der Waals surface area contributed by atoms with Crippen LogP contribution in [0.15, 0.2) is 12.1 Å². The smallest absolute Gasteiger partial charge is 0.308 e. The van der Waals surface area contributed by atoms with E-state index in [-0.39, 0.29) is 22.8 Å². The lowest BCUT2D eigenvalue weighted by molar-refractivity contribution is -0.487. The number of rotatable bonds is 3. The first-order valence-electron chi connectivity index (χ1n) is 8.41. The van der Waals surface area contributed by atoms with Crippen molar-refractivity contribution in [2.75, 3.05) is 0 Å². The van der Waals surface area contributed by atoms with Crippen LogP contribution in [0.5, 0.6) is 5.75 Å².